The van der Waals surface area contributed by atoms with Gasteiger partial charge in [-0.3, -0.25) is 0 Å². The highest BCUT2D eigenvalue weighted by Gasteiger charge is 2.41. The minimum absolute atomic E-state index is 0.199. The van der Waals surface area contributed by atoms with Crippen molar-refractivity contribution in [3.05, 3.63) is 52.6 Å². The van der Waals surface area contributed by atoms with Crippen molar-refractivity contribution in [2.75, 3.05) is 0 Å². The van der Waals surface area contributed by atoms with Crippen molar-refractivity contribution in [1.82, 2.24) is 9.55 Å². The summed E-state index contributed by atoms with van der Waals surface area (Å²) in [5.74, 6) is 0. The van der Waals surface area contributed by atoms with Crippen molar-refractivity contribution >= 4 is 21.4 Å². The molecule has 0 saturated heterocycles. The number of aromatic nitrogens is 2. The summed E-state index contributed by atoms with van der Waals surface area (Å²) >= 11 is 6.33. The van der Waals surface area contributed by atoms with Gasteiger partial charge in [-0.15, -0.1) is 0 Å². The summed E-state index contributed by atoms with van der Waals surface area (Å²) in [7, 11) is -0.752. The van der Waals surface area contributed by atoms with Gasteiger partial charge in [0.1, 0.15) is 5.60 Å². The molecule has 1 atom stereocenters. The van der Waals surface area contributed by atoms with Crippen molar-refractivity contribution in [2.24, 2.45) is 0 Å². The minimum atomic E-state index is -1.10. The van der Waals surface area contributed by atoms with Crippen LogP contribution >= 0.6 is 11.6 Å². The number of imidazole rings is 1. The Hall–Kier alpha value is -1.14. The number of aryl methyl sites for hydroxylation is 1. The average Bonchev–Trinajstić information content (AvgIpc) is 3.02. The van der Waals surface area contributed by atoms with E-state index in [1.807, 2.05) is 22.8 Å². The van der Waals surface area contributed by atoms with E-state index in [0.29, 0.717) is 11.4 Å². The van der Waals surface area contributed by atoms with Gasteiger partial charge in [-0.05, 0) is 55.0 Å². The number of nitrogens with zero attached hydrogens (tertiary/aromatic N) is 2. The fourth-order valence-electron chi connectivity index (χ4n) is 3.61. The molecule has 1 aromatic carbocycles. The van der Waals surface area contributed by atoms with Crippen LogP contribution in [0.25, 0.3) is 0 Å². The van der Waals surface area contributed by atoms with Crippen LogP contribution in [0.4, 0.5) is 0 Å². The van der Waals surface area contributed by atoms with E-state index in [-0.39, 0.29) is 5.04 Å². The summed E-state index contributed by atoms with van der Waals surface area (Å²) in [6, 6.07) is 5.78. The second-order valence-electron chi connectivity index (χ2n) is 8.99. The van der Waals surface area contributed by atoms with Gasteiger partial charge in [0.25, 0.3) is 0 Å². The van der Waals surface area contributed by atoms with Crippen LogP contribution in [0.3, 0.4) is 0 Å². The van der Waals surface area contributed by atoms with E-state index in [0.717, 1.165) is 29.8 Å². The molecular weight excluding hydrogens is 364 g/mol. The molecule has 0 bridgehead atoms. The molecule has 142 valence electrons. The molecule has 1 aliphatic heterocycles. The zero-order valence-corrected chi connectivity index (χ0v) is 18.5. The van der Waals surface area contributed by atoms with Crippen molar-refractivity contribution < 1.29 is 9.53 Å². The zero-order chi connectivity index (χ0) is 19.2. The summed E-state index contributed by atoms with van der Waals surface area (Å²) in [6.45, 7) is 11.7. The first kappa shape index (κ1) is 19.6. The molecule has 0 spiro atoms. The topological polar surface area (TPSA) is 47.3 Å². The smallest absolute Gasteiger partial charge is 0.168 e. The van der Waals surface area contributed by atoms with Crippen LogP contribution in [0.5, 0.6) is 0 Å². The van der Waals surface area contributed by atoms with E-state index in [1.54, 1.807) is 12.5 Å². The van der Waals surface area contributed by atoms with Crippen molar-refractivity contribution in [3.63, 3.8) is 0 Å². The Kier molecular flexibility index (Phi) is 5.12. The molecule has 0 amide bonds. The molecule has 3 rings (SSSR count). The highest BCUT2D eigenvalue weighted by molar-refractivity contribution is 6.32. The third-order valence-electron chi connectivity index (χ3n) is 5.02. The third-order valence-corrected chi connectivity index (χ3v) is 6.98. The Balaban J connectivity index is 2.08. The molecule has 0 aliphatic carbocycles. The number of fused-ring (bicyclic) bond motifs is 1. The first-order chi connectivity index (χ1) is 12.0. The summed E-state index contributed by atoms with van der Waals surface area (Å²) in [5, 5.41) is 12.5. The zero-order valence-electron chi connectivity index (χ0n) is 16.3. The van der Waals surface area contributed by atoms with Crippen LogP contribution in [0.15, 0.2) is 30.7 Å². The Morgan fingerprint density at radius 1 is 1.27 bits per heavy atom. The molecule has 6 heteroatoms. The van der Waals surface area contributed by atoms with Crippen LogP contribution in [0.1, 0.15) is 64.3 Å². The summed E-state index contributed by atoms with van der Waals surface area (Å²) < 4.78 is 8.46. The lowest BCUT2D eigenvalue weighted by atomic mass is 9.78. The van der Waals surface area contributed by atoms with Gasteiger partial charge >= 0.3 is 0 Å². The summed E-state index contributed by atoms with van der Waals surface area (Å²) in [5.41, 5.74) is 1.07. The predicted molar refractivity (Wildman–Crippen MR) is 108 cm³/mol. The summed E-state index contributed by atoms with van der Waals surface area (Å²) in [6.07, 6.45) is 5.10. The Morgan fingerprint density at radius 2 is 2.00 bits per heavy atom. The number of halogens is 1. The maximum absolute atomic E-state index is 11.7. The lowest BCUT2D eigenvalue weighted by molar-refractivity contribution is 0.0381. The molecule has 2 heterocycles. The van der Waals surface area contributed by atoms with Crippen LogP contribution < -0.4 is 0 Å². The van der Waals surface area contributed by atoms with Crippen LogP contribution in [-0.2, 0) is 22.2 Å². The van der Waals surface area contributed by atoms with E-state index in [4.69, 9.17) is 16.0 Å². The molecule has 1 unspecified atom stereocenters. The Bertz CT molecular complexity index is 797. The van der Waals surface area contributed by atoms with Gasteiger partial charge in [0, 0.05) is 11.6 Å². The van der Waals surface area contributed by atoms with E-state index >= 15 is 0 Å². The second-order valence-corrected chi connectivity index (χ2v) is 12.1. The van der Waals surface area contributed by atoms with Gasteiger partial charge in [-0.25, -0.2) is 4.98 Å². The number of benzene rings is 1. The first-order valence-corrected chi connectivity index (χ1v) is 10.9. The molecule has 0 fully saturated rings. The van der Waals surface area contributed by atoms with Crippen molar-refractivity contribution in [1.29, 1.82) is 0 Å². The van der Waals surface area contributed by atoms with Crippen LogP contribution in [-0.4, -0.2) is 24.4 Å². The number of aliphatic hydroxyl groups is 1. The van der Waals surface area contributed by atoms with E-state index in [1.165, 1.54) is 0 Å². The molecule has 0 saturated carbocycles. The molecule has 1 aliphatic rings. The van der Waals surface area contributed by atoms with Gasteiger partial charge in [0.15, 0.2) is 9.76 Å². The second kappa shape index (κ2) is 6.79. The largest absolute Gasteiger partial charge is 0.415 e. The molecule has 4 nitrogen and oxygen atoms in total. The quantitative estimate of drug-likeness (QED) is 0.796. The van der Waals surface area contributed by atoms with Gasteiger partial charge in [0.05, 0.1) is 23.8 Å². The lowest BCUT2D eigenvalue weighted by Crippen LogP contribution is -2.38. The maximum atomic E-state index is 11.7. The van der Waals surface area contributed by atoms with Crippen LogP contribution in [0, 0.1) is 0 Å². The number of hydrogen-bond acceptors (Lipinski definition) is 3. The van der Waals surface area contributed by atoms with Gasteiger partial charge in [-0.2, -0.15) is 0 Å². The Morgan fingerprint density at radius 3 is 2.69 bits per heavy atom. The average molecular weight is 393 g/mol. The molecule has 1 N–H and O–H groups in total. The lowest BCUT2D eigenvalue weighted by Gasteiger charge is -2.39. The highest BCUT2D eigenvalue weighted by atomic mass is 35.5. The fourth-order valence-corrected chi connectivity index (χ4v) is 4.73. The highest BCUT2D eigenvalue weighted by Crippen LogP contribution is 2.43. The Labute approximate surface area is 163 Å². The van der Waals surface area contributed by atoms with Crippen LogP contribution in [0.2, 0.25) is 10.1 Å². The summed E-state index contributed by atoms with van der Waals surface area (Å²) in [4.78, 5) is 4.25. The number of hydrogen-bond donors (Lipinski definition) is 1. The van der Waals surface area contributed by atoms with E-state index < -0.39 is 21.0 Å². The molecular formula is C20H29ClN2O2Si. The maximum Gasteiger partial charge on any atom is 0.168 e. The van der Waals surface area contributed by atoms with Gasteiger partial charge < -0.3 is 14.1 Å². The monoisotopic (exact) mass is 392 g/mol. The van der Waals surface area contributed by atoms with E-state index in [9.17, 15) is 5.11 Å². The standard InChI is InChI=1S/C20H29ClN2O2Si/c1-18(2,3)26-25-19(4,5)15-8-7-14(21)11-16(15)20(24)9-6-10-23-13-22-12-17(20)23/h7-8,11-13,24H,6,9-10,26H2,1-5H3. The first-order valence-electron chi connectivity index (χ1n) is 9.20. The molecule has 1 aromatic heterocycles. The van der Waals surface area contributed by atoms with Gasteiger partial charge in [-0.1, -0.05) is 38.4 Å². The van der Waals surface area contributed by atoms with E-state index in [2.05, 4.69) is 39.6 Å². The minimum Gasteiger partial charge on any atom is -0.415 e. The molecule has 0 radical (unpaired) electrons. The SMILES string of the molecule is CC(C)(C)[SiH2]OC(C)(C)c1ccc(Cl)cc1C1(O)CCCn2cncc21. The molecule has 26 heavy (non-hydrogen) atoms. The van der Waals surface area contributed by atoms with Crippen molar-refractivity contribution in [3.8, 4) is 0 Å². The number of rotatable bonds is 4. The normalized spacial score (nSPS) is 21.3. The fraction of sp³-hybridized carbons (Fsp3) is 0.550. The third kappa shape index (κ3) is 3.76. The van der Waals surface area contributed by atoms with Gasteiger partial charge in [0.2, 0.25) is 0 Å². The molecule has 2 aromatic rings. The van der Waals surface area contributed by atoms with Crippen molar-refractivity contribution in [2.45, 2.75) is 70.2 Å². The predicted octanol–water partition coefficient (Wildman–Crippen LogP) is 4.12.